The van der Waals surface area contributed by atoms with Crippen molar-refractivity contribution in [1.82, 2.24) is 35.3 Å². The largest absolute Gasteiger partial charge is 0.524 e. The van der Waals surface area contributed by atoms with E-state index in [4.69, 9.17) is 83.6 Å². The summed E-state index contributed by atoms with van der Waals surface area (Å²) in [6, 6.07) is 8.29. The highest BCUT2D eigenvalue weighted by molar-refractivity contribution is 8.03. The van der Waals surface area contributed by atoms with Crippen LogP contribution in [0.2, 0.25) is 0 Å². The third-order valence-corrected chi connectivity index (χ3v) is 23.1. The van der Waals surface area contributed by atoms with Gasteiger partial charge >= 0.3 is 19.9 Å². The molecule has 9 N–H and O–H groups in total. The number of ether oxygens (including phenoxy) is 8. The molecule has 5 heterocycles. The van der Waals surface area contributed by atoms with Crippen LogP contribution in [0.1, 0.15) is 98.4 Å². The lowest BCUT2D eigenvalue weighted by Gasteiger charge is -2.69. The van der Waals surface area contributed by atoms with Gasteiger partial charge in [0.25, 0.3) is 17.0 Å². The Morgan fingerprint density at radius 3 is 1.74 bits per heavy atom. The zero-order valence-corrected chi connectivity index (χ0v) is 68.4. The van der Waals surface area contributed by atoms with Crippen LogP contribution in [0.15, 0.2) is 59.8 Å². The molecular formula is C76H100Cl2N11O21PS2. The Morgan fingerprint density at radius 1 is 0.743 bits per heavy atom. The number of fused-ring (bicyclic) bond motifs is 6. The lowest BCUT2D eigenvalue weighted by atomic mass is 9.34. The highest BCUT2D eigenvalue weighted by Crippen LogP contribution is 2.75. The van der Waals surface area contributed by atoms with Crippen LogP contribution in [0.25, 0.3) is 21.8 Å². The molecule has 9 amide bonds. The van der Waals surface area contributed by atoms with Gasteiger partial charge in [-0.25, -0.2) is 14.2 Å². The topological polar surface area (TPSA) is 404 Å². The summed E-state index contributed by atoms with van der Waals surface area (Å²) >= 11 is 20.3. The normalized spacial score (nSPS) is 18.7. The Labute approximate surface area is 674 Å². The number of rotatable bonds is 45. The van der Waals surface area contributed by atoms with Crippen LogP contribution in [0.4, 0.5) is 26.7 Å². The van der Waals surface area contributed by atoms with E-state index in [1.54, 1.807) is 85.4 Å². The summed E-state index contributed by atoms with van der Waals surface area (Å²) in [4.78, 5) is 154. The number of halogens is 2. The Morgan fingerprint density at radius 2 is 1.25 bits per heavy atom. The number of amides is 9. The van der Waals surface area contributed by atoms with Gasteiger partial charge in [-0.3, -0.25) is 48.2 Å². The van der Waals surface area contributed by atoms with Crippen LogP contribution in [-0.4, -0.2) is 250 Å². The number of H-pyrrole nitrogens is 2. The second kappa shape index (κ2) is 39.6. The van der Waals surface area contributed by atoms with Crippen molar-refractivity contribution < 1.29 is 99.9 Å². The van der Waals surface area contributed by atoms with Gasteiger partial charge in [-0.1, -0.05) is 26.0 Å². The minimum atomic E-state index is -4.99. The van der Waals surface area contributed by atoms with E-state index in [0.29, 0.717) is 135 Å². The molecule has 2 aromatic heterocycles. The maximum absolute atomic E-state index is 15.0. The summed E-state index contributed by atoms with van der Waals surface area (Å²) in [6.07, 6.45) is 7.24. The summed E-state index contributed by atoms with van der Waals surface area (Å²) in [7, 11) is -1.69. The van der Waals surface area contributed by atoms with Gasteiger partial charge in [-0.05, 0) is 110 Å². The first kappa shape index (κ1) is 87.4. The van der Waals surface area contributed by atoms with Crippen molar-refractivity contribution in [1.29, 1.82) is 0 Å². The fraction of sp³-hybridized carbons (Fsp3) is 0.553. The molecule has 5 aromatic rings. The van der Waals surface area contributed by atoms with Crippen LogP contribution in [0.5, 0.6) is 11.5 Å². The third kappa shape index (κ3) is 21.4. The van der Waals surface area contributed by atoms with Crippen LogP contribution in [0.3, 0.4) is 0 Å². The maximum Gasteiger partial charge on any atom is 0.524 e. The van der Waals surface area contributed by atoms with Crippen molar-refractivity contribution in [3.8, 4) is 11.5 Å². The number of hydrogen-bond acceptors (Lipinski definition) is 21. The zero-order chi connectivity index (χ0) is 81.5. The number of carbonyl (C=O) groups excluding carboxylic acids is 9. The van der Waals surface area contributed by atoms with Gasteiger partial charge in [0.15, 0.2) is 17.3 Å². The standard InChI is InChI=1S/C76H100Cl2N11O21PS2/c1-45(2)65(84-59(91)14-19-102-21-23-104-25-27-106-29-30-107-28-26-105-24-22-103-20-18-87-60(92)34-58(113-7)69(87)94)55(90)31-49(9-8-15-80-72(79)97)68(93)83-52-12-10-48(11-13-52)41-108-73(98)85(5)16-17-86(6)74(112)109-56-32-53-63(61-46(3)37-81-66(56)61)50(35-77)39-88(53)70(95)75-42-76(43-75,44-75)71(96)89-40-51(36-78)64-54(89)33-57(110-111(99,100)101)67-62(64)47(4)38-82-67/h10-13,32-34,37-38,45,49-51,65,81-82H,8-9,14-31,35-36,39-44H2,1-7H3,(H,83,93)(H,84,91)(H3,79,80,97)(H2,99,100,101). The number of urea groups is 1. The van der Waals surface area contributed by atoms with Crippen molar-refractivity contribution in [3.05, 3.63) is 87.6 Å². The fourth-order valence-electron chi connectivity index (χ4n) is 15.1. The number of Topliss-reactive ketones (excluding diaryl/α,β-unsaturated/α-hetero) is 1. The smallest absolute Gasteiger partial charge is 0.445 e. The number of hydrogen-bond donors (Lipinski definition) is 8. The van der Waals surface area contributed by atoms with E-state index in [1.165, 1.54) is 28.8 Å². The first-order valence-corrected chi connectivity index (χ1v) is 41.7. The summed E-state index contributed by atoms with van der Waals surface area (Å²) in [5, 5.41) is 9.82. The number of aryl methyl sites for hydroxylation is 2. The number of aromatic nitrogens is 2. The predicted octanol–water partition coefficient (Wildman–Crippen LogP) is 8.02. The number of nitrogens with zero attached hydrogens (tertiary/aromatic N) is 5. The molecule has 11 rings (SSSR count). The lowest BCUT2D eigenvalue weighted by Crippen LogP contribution is -2.73. The molecule has 37 heteroatoms. The van der Waals surface area contributed by atoms with E-state index in [9.17, 15) is 52.7 Å². The van der Waals surface area contributed by atoms with Crippen LogP contribution in [0, 0.1) is 36.5 Å². The minimum absolute atomic E-state index is 0.0255. The van der Waals surface area contributed by atoms with Gasteiger partial charge < -0.3 is 93.7 Å². The Balaban J connectivity index is 0.623. The highest BCUT2D eigenvalue weighted by atomic mass is 35.5. The van der Waals surface area contributed by atoms with Crippen LogP contribution >= 0.6 is 55.0 Å². The van der Waals surface area contributed by atoms with Gasteiger partial charge in [0, 0.05) is 136 Å². The van der Waals surface area contributed by atoms with Crippen molar-refractivity contribution in [3.63, 3.8) is 0 Å². The molecule has 3 aliphatic heterocycles. The lowest BCUT2D eigenvalue weighted by molar-refractivity contribution is -0.205. The molecule has 4 atom stereocenters. The van der Waals surface area contributed by atoms with Gasteiger partial charge in [0.2, 0.25) is 23.6 Å². The number of phosphoric acid groups is 1. The minimum Gasteiger partial charge on any atom is -0.445 e. The number of nitrogens with one attached hydrogen (secondary N) is 5. The molecule has 616 valence electrons. The van der Waals surface area contributed by atoms with E-state index in [2.05, 4.69) is 25.9 Å². The summed E-state index contributed by atoms with van der Waals surface area (Å²) < 4.78 is 62.5. The van der Waals surface area contributed by atoms with Crippen molar-refractivity contribution >= 4 is 152 Å². The van der Waals surface area contributed by atoms with Crippen molar-refractivity contribution in [2.75, 3.05) is 166 Å². The number of ketones is 1. The van der Waals surface area contributed by atoms with E-state index in [1.807, 2.05) is 20.0 Å². The maximum atomic E-state index is 15.0. The molecule has 32 nitrogen and oxygen atoms in total. The number of thioether (sulfide) groups is 1. The molecule has 2 bridgehead atoms. The van der Waals surface area contributed by atoms with Gasteiger partial charge in [0.1, 0.15) is 6.61 Å². The molecule has 3 aromatic carbocycles. The molecule has 0 saturated heterocycles. The monoisotopic (exact) mass is 1670 g/mol. The summed E-state index contributed by atoms with van der Waals surface area (Å²) in [6.45, 7) is 12.1. The number of likely N-dealkylation sites (N-methyl/N-ethyl adjacent to an activating group) is 2. The first-order chi connectivity index (χ1) is 54.0. The number of benzene rings is 3. The van der Waals surface area contributed by atoms with E-state index in [-0.39, 0.29) is 155 Å². The number of carbonyl (C=O) groups is 9. The number of imide groups is 1. The Bertz CT molecular complexity index is 4390. The number of primary amides is 1. The van der Waals surface area contributed by atoms with Gasteiger partial charge in [-0.15, -0.1) is 35.0 Å². The van der Waals surface area contributed by atoms with Crippen LogP contribution < -0.4 is 40.7 Å². The van der Waals surface area contributed by atoms with E-state index >= 15 is 4.79 Å². The Hall–Kier alpha value is -7.96. The quantitative estimate of drug-likeness (QED) is 0.00601. The average molecular weight is 1670 g/mol. The number of thiocarbonyl (C=S) groups is 1. The molecule has 113 heavy (non-hydrogen) atoms. The fourth-order valence-corrected chi connectivity index (χ4v) is 16.7. The SMILES string of the molecule is CSC1=CC(=O)N(CCOCCOCCOCCOCCOCCOCCC(=O)NC(C(=O)CC(CCCNC(N)=O)C(=O)Nc2ccc(COC(=O)N(C)CCN(C)C(=S)Oc3cc4c(c5c(C)c[nH]c35)C(CCl)CN4C(=O)C34CC(C(=O)N5CC(CCl)c6c5cc(OP(=O)(O)O)c5[nH]cc(C)c65)(C3)C4)cc2)C(C)C)C1=O. The average Bonchev–Trinajstić information content (AvgIpc) is 1.57. The van der Waals surface area contributed by atoms with Gasteiger partial charge in [0.05, 0.1) is 130 Å². The Kier molecular flexibility index (Phi) is 30.6. The molecule has 4 unspecified atom stereocenters. The number of alkyl halides is 2. The second-order valence-electron chi connectivity index (χ2n) is 29.2. The molecule has 0 spiro atoms. The predicted molar refractivity (Wildman–Crippen MR) is 427 cm³/mol. The summed E-state index contributed by atoms with van der Waals surface area (Å²) in [5.74, 6) is -3.14. The molecule has 3 fully saturated rings. The number of aromatic amines is 2. The van der Waals surface area contributed by atoms with Crippen molar-refractivity contribution in [2.24, 2.45) is 28.4 Å². The van der Waals surface area contributed by atoms with Crippen molar-refractivity contribution in [2.45, 2.75) is 97.1 Å². The van der Waals surface area contributed by atoms with E-state index < -0.39 is 54.6 Å². The summed E-state index contributed by atoms with van der Waals surface area (Å²) in [5.41, 5.74) is 10.2. The van der Waals surface area contributed by atoms with Crippen LogP contribution in [-0.2, 0) is 77.9 Å². The zero-order valence-electron chi connectivity index (χ0n) is 64.4. The molecular weight excluding hydrogens is 1570 g/mol. The first-order valence-electron chi connectivity index (χ1n) is 37.5. The molecule has 0 radical (unpaired) electrons. The third-order valence-electron chi connectivity index (χ3n) is 20.8. The number of anilines is 3. The molecule has 3 saturated carbocycles. The highest BCUT2D eigenvalue weighted by Gasteiger charge is 2.76. The molecule has 3 aliphatic carbocycles. The molecule has 6 aliphatic rings. The van der Waals surface area contributed by atoms with Gasteiger partial charge in [-0.2, -0.15) is 0 Å². The van der Waals surface area contributed by atoms with E-state index in [0.717, 1.165) is 32.5 Å². The number of phosphoric ester groups is 1. The number of nitrogens with two attached hydrogens (primary N) is 1. The second-order valence-corrected chi connectivity index (χ2v) is 32.2.